The van der Waals surface area contributed by atoms with Crippen molar-refractivity contribution in [3.05, 3.63) is 72.8 Å². The molecular weight excluding hydrogens is 268 g/mol. The summed E-state index contributed by atoms with van der Waals surface area (Å²) < 4.78 is 0. The van der Waals surface area contributed by atoms with E-state index in [0.29, 0.717) is 0 Å². The number of fused-ring (bicyclic) bond motifs is 3. The molecule has 1 aliphatic heterocycles. The fraction of sp³-hybridized carbons (Fsp3) is 0. The zero-order valence-electron chi connectivity index (χ0n) is 12.2. The van der Waals surface area contributed by atoms with Gasteiger partial charge in [-0.3, -0.25) is 0 Å². The van der Waals surface area contributed by atoms with E-state index in [2.05, 4.69) is 72.3 Å². The van der Waals surface area contributed by atoms with E-state index in [1.54, 1.807) is 0 Å². The Morgan fingerprint density at radius 2 is 1.05 bits per heavy atom. The first-order valence-corrected chi connectivity index (χ1v) is 7.28. The molecule has 0 fully saturated rings. The molecule has 0 radical (unpaired) electrons. The Labute approximate surface area is 129 Å². The minimum absolute atomic E-state index is 1.06. The molecule has 0 atom stereocenters. The Balaban J connectivity index is 1.87. The van der Waals surface area contributed by atoms with Crippen LogP contribution < -0.4 is 10.6 Å². The fourth-order valence-electron chi connectivity index (χ4n) is 2.93. The maximum Gasteiger partial charge on any atom is 0.0630 e. The minimum Gasteiger partial charge on any atom is -0.352 e. The van der Waals surface area contributed by atoms with Crippen LogP contribution >= 0.6 is 0 Å². The van der Waals surface area contributed by atoms with Crippen LogP contribution in [0.3, 0.4) is 0 Å². The smallest absolute Gasteiger partial charge is 0.0630 e. The third kappa shape index (κ3) is 1.89. The largest absolute Gasteiger partial charge is 0.352 e. The van der Waals surface area contributed by atoms with Gasteiger partial charge in [-0.1, -0.05) is 49.6 Å². The number of nitrogens with one attached hydrogen (secondary N) is 2. The maximum atomic E-state index is 3.88. The van der Waals surface area contributed by atoms with Gasteiger partial charge in [-0.25, -0.2) is 0 Å². The second kappa shape index (κ2) is 4.78. The molecule has 0 saturated carbocycles. The van der Waals surface area contributed by atoms with Crippen LogP contribution in [0.4, 0.5) is 22.7 Å². The van der Waals surface area contributed by atoms with Crippen LogP contribution in [-0.4, -0.2) is 0 Å². The Bertz CT molecular complexity index is 847. The molecule has 0 aromatic heterocycles. The molecule has 0 bridgehead atoms. The molecule has 4 rings (SSSR count). The quantitative estimate of drug-likeness (QED) is 0.477. The Morgan fingerprint density at radius 3 is 1.45 bits per heavy atom. The molecule has 1 heterocycles. The molecule has 2 heteroatoms. The Morgan fingerprint density at radius 1 is 0.636 bits per heavy atom. The molecule has 0 aliphatic carbocycles. The molecule has 22 heavy (non-hydrogen) atoms. The van der Waals surface area contributed by atoms with Crippen molar-refractivity contribution in [3.63, 3.8) is 0 Å². The van der Waals surface area contributed by atoms with E-state index in [1.165, 1.54) is 10.8 Å². The lowest BCUT2D eigenvalue weighted by Crippen LogP contribution is -2.07. The lowest BCUT2D eigenvalue weighted by Gasteiger charge is -2.25. The molecule has 1 aliphatic rings. The van der Waals surface area contributed by atoms with E-state index in [4.69, 9.17) is 0 Å². The van der Waals surface area contributed by atoms with E-state index < -0.39 is 0 Å². The molecular formula is C20H16N2. The van der Waals surface area contributed by atoms with Gasteiger partial charge in [-0.2, -0.15) is 0 Å². The van der Waals surface area contributed by atoms with Gasteiger partial charge in [0.05, 0.1) is 22.7 Å². The van der Waals surface area contributed by atoms with Gasteiger partial charge < -0.3 is 10.6 Å². The summed E-state index contributed by atoms with van der Waals surface area (Å²) in [6.07, 6.45) is 3.71. The fourth-order valence-corrected chi connectivity index (χ4v) is 2.93. The van der Waals surface area contributed by atoms with Gasteiger partial charge in [0.15, 0.2) is 0 Å². The highest BCUT2D eigenvalue weighted by atomic mass is 15.0. The highest BCUT2D eigenvalue weighted by Crippen LogP contribution is 2.41. The van der Waals surface area contributed by atoms with Gasteiger partial charge in [0.25, 0.3) is 0 Å². The van der Waals surface area contributed by atoms with Crippen LogP contribution in [0, 0.1) is 0 Å². The summed E-state index contributed by atoms with van der Waals surface area (Å²) >= 11 is 0. The summed E-state index contributed by atoms with van der Waals surface area (Å²) in [5.41, 5.74) is 6.45. The van der Waals surface area contributed by atoms with Crippen LogP contribution in [0.15, 0.2) is 61.7 Å². The number of hydrogen-bond acceptors (Lipinski definition) is 2. The molecule has 2 N–H and O–H groups in total. The van der Waals surface area contributed by atoms with Crippen LogP contribution in [0.5, 0.6) is 0 Å². The van der Waals surface area contributed by atoms with Crippen molar-refractivity contribution < 1.29 is 0 Å². The van der Waals surface area contributed by atoms with E-state index >= 15 is 0 Å². The van der Waals surface area contributed by atoms with Gasteiger partial charge in [-0.05, 0) is 46.2 Å². The number of benzene rings is 3. The lowest BCUT2D eigenvalue weighted by molar-refractivity contribution is 1.45. The van der Waals surface area contributed by atoms with Gasteiger partial charge in [0.1, 0.15) is 0 Å². The van der Waals surface area contributed by atoms with Crippen molar-refractivity contribution in [2.45, 2.75) is 0 Å². The molecule has 0 spiro atoms. The average Bonchev–Trinajstić information content (AvgIpc) is 2.56. The molecule has 2 nitrogen and oxygen atoms in total. The first-order valence-electron chi connectivity index (χ1n) is 7.28. The van der Waals surface area contributed by atoms with E-state index in [-0.39, 0.29) is 0 Å². The first-order chi connectivity index (χ1) is 10.8. The minimum atomic E-state index is 1.06. The summed E-state index contributed by atoms with van der Waals surface area (Å²) in [6.45, 7) is 7.76. The SMILES string of the molecule is C=Cc1cc2c(cc1C=C)Nc1cc3ccccc3cc1N2. The molecule has 3 aromatic rings. The van der Waals surface area contributed by atoms with Crippen molar-refractivity contribution >= 4 is 45.7 Å². The highest BCUT2D eigenvalue weighted by Gasteiger charge is 2.16. The van der Waals surface area contributed by atoms with E-state index in [9.17, 15) is 0 Å². The topological polar surface area (TPSA) is 24.1 Å². The van der Waals surface area contributed by atoms with E-state index in [1.807, 2.05) is 12.2 Å². The summed E-state index contributed by atoms with van der Waals surface area (Å²) in [5.74, 6) is 0. The molecule has 0 saturated heterocycles. The third-order valence-corrected chi connectivity index (χ3v) is 4.09. The van der Waals surface area contributed by atoms with Crippen LogP contribution in [-0.2, 0) is 0 Å². The summed E-state index contributed by atoms with van der Waals surface area (Å²) in [7, 11) is 0. The predicted molar refractivity (Wildman–Crippen MR) is 97.1 cm³/mol. The second-order valence-corrected chi connectivity index (χ2v) is 5.43. The zero-order valence-corrected chi connectivity index (χ0v) is 12.2. The third-order valence-electron chi connectivity index (χ3n) is 4.09. The van der Waals surface area contributed by atoms with Crippen LogP contribution in [0.25, 0.3) is 22.9 Å². The number of hydrogen-bond donors (Lipinski definition) is 2. The van der Waals surface area contributed by atoms with Crippen molar-refractivity contribution in [1.82, 2.24) is 0 Å². The zero-order chi connectivity index (χ0) is 15.1. The molecule has 0 amide bonds. The monoisotopic (exact) mass is 284 g/mol. The summed E-state index contributed by atoms with van der Waals surface area (Å²) in [4.78, 5) is 0. The lowest BCUT2D eigenvalue weighted by atomic mass is 10.0. The summed E-state index contributed by atoms with van der Waals surface area (Å²) in [6, 6.07) is 16.9. The molecule has 3 aromatic carbocycles. The van der Waals surface area contributed by atoms with Crippen LogP contribution in [0.2, 0.25) is 0 Å². The van der Waals surface area contributed by atoms with E-state index in [0.717, 1.165) is 33.9 Å². The van der Waals surface area contributed by atoms with Crippen molar-refractivity contribution in [2.75, 3.05) is 10.6 Å². The molecule has 106 valence electrons. The highest BCUT2D eigenvalue weighted by molar-refractivity contribution is 5.99. The molecule has 0 unspecified atom stereocenters. The van der Waals surface area contributed by atoms with Crippen molar-refractivity contribution in [3.8, 4) is 0 Å². The maximum absolute atomic E-state index is 3.88. The first kappa shape index (κ1) is 12.7. The standard InChI is InChI=1S/C20H16N2/c1-3-13-9-17-18(10-14(13)4-2)22-20-12-16-8-6-5-7-15(16)11-19(20)21-17/h3-12,21-22H,1-2H2. The van der Waals surface area contributed by atoms with Crippen molar-refractivity contribution in [2.24, 2.45) is 0 Å². The average molecular weight is 284 g/mol. The predicted octanol–water partition coefficient (Wildman–Crippen LogP) is 5.93. The number of anilines is 4. The second-order valence-electron chi connectivity index (χ2n) is 5.43. The van der Waals surface area contributed by atoms with Gasteiger partial charge in [-0.15, -0.1) is 0 Å². The van der Waals surface area contributed by atoms with Gasteiger partial charge >= 0.3 is 0 Å². The summed E-state index contributed by atoms with van der Waals surface area (Å²) in [5, 5.41) is 9.48. The van der Waals surface area contributed by atoms with Gasteiger partial charge in [0.2, 0.25) is 0 Å². The number of rotatable bonds is 2. The van der Waals surface area contributed by atoms with Crippen molar-refractivity contribution in [1.29, 1.82) is 0 Å². The Hall–Kier alpha value is -3.00. The Kier molecular flexibility index (Phi) is 2.76. The van der Waals surface area contributed by atoms with Crippen LogP contribution in [0.1, 0.15) is 11.1 Å². The normalized spacial score (nSPS) is 11.8. The van der Waals surface area contributed by atoms with Gasteiger partial charge in [0, 0.05) is 0 Å².